The Kier molecular flexibility index (Phi) is 7.35. The first-order valence-electron chi connectivity index (χ1n) is 9.77. The number of alkyl halides is 2. The number of hydrogen-bond acceptors (Lipinski definition) is 4. The highest BCUT2D eigenvalue weighted by atomic mass is 19.3. The maximum absolute atomic E-state index is 12.7. The van der Waals surface area contributed by atoms with Gasteiger partial charge in [-0.2, -0.15) is 8.78 Å². The van der Waals surface area contributed by atoms with Crippen LogP contribution < -0.4 is 4.74 Å². The molecule has 2 amide bonds. The van der Waals surface area contributed by atoms with Gasteiger partial charge in [0.25, 0.3) is 5.91 Å². The van der Waals surface area contributed by atoms with E-state index in [0.717, 1.165) is 5.56 Å². The summed E-state index contributed by atoms with van der Waals surface area (Å²) in [5.41, 5.74) is 1.23. The Morgan fingerprint density at radius 2 is 1.57 bits per heavy atom. The van der Waals surface area contributed by atoms with Crippen molar-refractivity contribution in [2.24, 2.45) is 0 Å². The number of piperazine rings is 1. The number of amides is 2. The van der Waals surface area contributed by atoms with Crippen LogP contribution in [-0.2, 0) is 11.3 Å². The minimum Gasteiger partial charge on any atom is -0.434 e. The van der Waals surface area contributed by atoms with Crippen LogP contribution in [0.2, 0.25) is 0 Å². The number of likely N-dealkylation sites (N-methyl/N-ethyl adjacent to an activating group) is 1. The normalized spacial score (nSPS) is 14.3. The van der Waals surface area contributed by atoms with Crippen molar-refractivity contribution in [3.8, 4) is 5.75 Å². The third kappa shape index (κ3) is 5.76. The first kappa shape index (κ1) is 21.7. The summed E-state index contributed by atoms with van der Waals surface area (Å²) in [5.74, 6) is -0.514. The number of benzene rings is 2. The fourth-order valence-corrected chi connectivity index (χ4v) is 3.45. The molecule has 0 unspecified atom stereocenters. The molecular formula is C22H25F2N3O3. The molecule has 0 aromatic heterocycles. The zero-order chi connectivity index (χ0) is 21.5. The summed E-state index contributed by atoms with van der Waals surface area (Å²) in [6, 6.07) is 15.9. The molecule has 1 saturated heterocycles. The minimum atomic E-state index is -3.00. The smallest absolute Gasteiger partial charge is 0.387 e. The number of hydrogen-bond donors (Lipinski definition) is 0. The van der Waals surface area contributed by atoms with Crippen LogP contribution in [0, 0.1) is 0 Å². The molecule has 8 heteroatoms. The molecule has 2 aromatic carbocycles. The van der Waals surface area contributed by atoms with Gasteiger partial charge in [0.2, 0.25) is 5.91 Å². The van der Waals surface area contributed by atoms with Crippen LogP contribution in [0.25, 0.3) is 0 Å². The monoisotopic (exact) mass is 417 g/mol. The largest absolute Gasteiger partial charge is 0.434 e. The molecule has 3 rings (SSSR count). The topological polar surface area (TPSA) is 53.1 Å². The van der Waals surface area contributed by atoms with Crippen LogP contribution in [0.3, 0.4) is 0 Å². The van der Waals surface area contributed by atoms with Crippen molar-refractivity contribution in [1.29, 1.82) is 0 Å². The van der Waals surface area contributed by atoms with Gasteiger partial charge in [-0.15, -0.1) is 0 Å². The Balaban J connectivity index is 1.52. The summed E-state index contributed by atoms with van der Waals surface area (Å²) in [5, 5.41) is 0. The van der Waals surface area contributed by atoms with E-state index < -0.39 is 6.61 Å². The molecular weight excluding hydrogens is 392 g/mol. The highest BCUT2D eigenvalue weighted by Crippen LogP contribution is 2.22. The summed E-state index contributed by atoms with van der Waals surface area (Å²) in [6.07, 6.45) is 0. The van der Waals surface area contributed by atoms with Gasteiger partial charge >= 0.3 is 6.61 Å². The second-order valence-electron chi connectivity index (χ2n) is 7.21. The number of nitrogens with zero attached hydrogens (tertiary/aromatic N) is 3. The van der Waals surface area contributed by atoms with Crippen molar-refractivity contribution in [2.45, 2.75) is 13.2 Å². The zero-order valence-corrected chi connectivity index (χ0v) is 16.8. The van der Waals surface area contributed by atoms with Crippen LogP contribution in [-0.4, -0.2) is 72.9 Å². The lowest BCUT2D eigenvalue weighted by Gasteiger charge is -2.35. The maximum Gasteiger partial charge on any atom is 0.387 e. The van der Waals surface area contributed by atoms with E-state index >= 15 is 0 Å². The first-order valence-corrected chi connectivity index (χ1v) is 9.77. The Morgan fingerprint density at radius 1 is 0.967 bits per heavy atom. The lowest BCUT2D eigenvalue weighted by Crippen LogP contribution is -2.52. The molecule has 6 nitrogen and oxygen atoms in total. The van der Waals surface area contributed by atoms with Crippen molar-refractivity contribution < 1.29 is 23.1 Å². The molecule has 1 aliphatic heterocycles. The van der Waals surface area contributed by atoms with Gasteiger partial charge in [-0.1, -0.05) is 42.5 Å². The second kappa shape index (κ2) is 10.2. The molecule has 0 atom stereocenters. The minimum absolute atomic E-state index is 0.00182. The average molecular weight is 417 g/mol. The van der Waals surface area contributed by atoms with Crippen molar-refractivity contribution >= 4 is 11.8 Å². The predicted molar refractivity (Wildman–Crippen MR) is 108 cm³/mol. The lowest BCUT2D eigenvalue weighted by atomic mass is 10.1. The van der Waals surface area contributed by atoms with E-state index in [9.17, 15) is 18.4 Å². The van der Waals surface area contributed by atoms with Crippen molar-refractivity contribution in [1.82, 2.24) is 14.7 Å². The molecule has 0 radical (unpaired) electrons. The van der Waals surface area contributed by atoms with Crippen LogP contribution in [0.1, 0.15) is 15.9 Å². The SMILES string of the molecule is CN(CC(=O)N1CCN(C(=O)c2ccccc2OC(F)F)CC1)Cc1ccccc1. The van der Waals surface area contributed by atoms with Gasteiger partial charge in [-0.3, -0.25) is 14.5 Å². The Hall–Kier alpha value is -3.00. The van der Waals surface area contributed by atoms with Crippen LogP contribution >= 0.6 is 0 Å². The van der Waals surface area contributed by atoms with E-state index in [1.54, 1.807) is 15.9 Å². The van der Waals surface area contributed by atoms with Crippen molar-refractivity contribution in [3.63, 3.8) is 0 Å². The van der Waals surface area contributed by atoms with Gasteiger partial charge in [0.05, 0.1) is 12.1 Å². The summed E-state index contributed by atoms with van der Waals surface area (Å²) < 4.78 is 29.6. The Labute approximate surface area is 174 Å². The summed E-state index contributed by atoms with van der Waals surface area (Å²) in [6.45, 7) is -0.545. The predicted octanol–water partition coefficient (Wildman–Crippen LogP) is 2.70. The molecule has 30 heavy (non-hydrogen) atoms. The van der Waals surface area contributed by atoms with Gasteiger partial charge in [0.15, 0.2) is 0 Å². The number of rotatable bonds is 7. The first-order chi connectivity index (χ1) is 14.4. The summed E-state index contributed by atoms with van der Waals surface area (Å²) in [4.78, 5) is 30.6. The highest BCUT2D eigenvalue weighted by Gasteiger charge is 2.27. The van der Waals surface area contributed by atoms with E-state index in [0.29, 0.717) is 32.7 Å². The third-order valence-corrected chi connectivity index (χ3v) is 4.95. The van der Waals surface area contributed by atoms with Gasteiger partial charge in [0, 0.05) is 32.7 Å². The molecule has 0 bridgehead atoms. The quantitative estimate of drug-likeness (QED) is 0.695. The zero-order valence-electron chi connectivity index (χ0n) is 16.8. The summed E-state index contributed by atoms with van der Waals surface area (Å²) >= 11 is 0. The van der Waals surface area contributed by atoms with Crippen LogP contribution in [0.4, 0.5) is 8.78 Å². The Bertz CT molecular complexity index is 856. The molecule has 0 saturated carbocycles. The third-order valence-electron chi connectivity index (χ3n) is 4.95. The van der Waals surface area contributed by atoms with E-state index in [1.807, 2.05) is 42.3 Å². The number of ether oxygens (including phenoxy) is 1. The number of halogens is 2. The molecule has 1 heterocycles. The molecule has 0 N–H and O–H groups in total. The van der Waals surface area contributed by atoms with Crippen molar-refractivity contribution in [3.05, 3.63) is 65.7 Å². The van der Waals surface area contributed by atoms with Crippen molar-refractivity contribution in [2.75, 3.05) is 39.8 Å². The van der Waals surface area contributed by atoms with Gasteiger partial charge in [0.1, 0.15) is 5.75 Å². The van der Waals surface area contributed by atoms with E-state index in [4.69, 9.17) is 0 Å². The number of carbonyl (C=O) groups excluding carboxylic acids is 2. The summed E-state index contributed by atoms with van der Waals surface area (Å²) in [7, 11) is 1.89. The van der Waals surface area contributed by atoms with Gasteiger partial charge in [-0.05, 0) is 24.7 Å². The van der Waals surface area contributed by atoms with Crippen LogP contribution in [0.5, 0.6) is 5.75 Å². The fourth-order valence-electron chi connectivity index (χ4n) is 3.45. The van der Waals surface area contributed by atoms with Gasteiger partial charge in [-0.25, -0.2) is 0 Å². The Morgan fingerprint density at radius 3 is 2.23 bits per heavy atom. The maximum atomic E-state index is 12.7. The number of para-hydroxylation sites is 1. The van der Waals surface area contributed by atoms with Gasteiger partial charge < -0.3 is 14.5 Å². The standard InChI is InChI=1S/C22H25F2N3O3/c1-25(15-17-7-3-2-4-8-17)16-20(28)26-11-13-27(14-12-26)21(29)18-9-5-6-10-19(18)30-22(23)24/h2-10,22H,11-16H2,1H3. The van der Waals surface area contributed by atoms with E-state index in [-0.39, 0.29) is 29.7 Å². The molecule has 1 fully saturated rings. The van der Waals surface area contributed by atoms with E-state index in [2.05, 4.69) is 4.74 Å². The molecule has 160 valence electrons. The number of carbonyl (C=O) groups is 2. The second-order valence-corrected chi connectivity index (χ2v) is 7.21. The lowest BCUT2D eigenvalue weighted by molar-refractivity contribution is -0.133. The van der Waals surface area contributed by atoms with E-state index in [1.165, 1.54) is 18.2 Å². The molecule has 0 aliphatic carbocycles. The average Bonchev–Trinajstić information content (AvgIpc) is 2.74. The molecule has 0 spiro atoms. The molecule has 1 aliphatic rings. The fraction of sp³-hybridized carbons (Fsp3) is 0.364. The molecule has 2 aromatic rings. The highest BCUT2D eigenvalue weighted by molar-refractivity contribution is 5.97. The van der Waals surface area contributed by atoms with Crippen LogP contribution in [0.15, 0.2) is 54.6 Å².